The summed E-state index contributed by atoms with van der Waals surface area (Å²) in [6.07, 6.45) is -1.51. The van der Waals surface area contributed by atoms with Crippen molar-refractivity contribution in [3.8, 4) is 11.5 Å². The van der Waals surface area contributed by atoms with Crippen molar-refractivity contribution < 1.29 is 68.4 Å². The van der Waals surface area contributed by atoms with E-state index in [1.165, 1.54) is 125 Å². The molecule has 4 fully saturated rings. The zero-order valence-corrected chi connectivity index (χ0v) is 52.4. The molecular weight excluding hydrogens is 1220 g/mol. The van der Waals surface area contributed by atoms with Crippen LogP contribution in [-0.4, -0.2) is 204 Å². The van der Waals surface area contributed by atoms with Gasteiger partial charge in [-0.15, -0.1) is 0 Å². The van der Waals surface area contributed by atoms with Crippen LogP contribution in [0.4, 0.5) is 0 Å². The maximum absolute atomic E-state index is 15.8. The number of ketones is 4. The number of carboxylic acid groups (broad SMARTS) is 1. The number of hydrogen-bond acceptors (Lipinski definition) is 24. The number of phenolic OH excluding ortho intramolecular Hbond substituents is 2. The first-order valence-corrected chi connectivity index (χ1v) is 36.4. The first-order chi connectivity index (χ1) is 40.1. The van der Waals surface area contributed by atoms with Gasteiger partial charge in [0.25, 0.3) is 0 Å². The summed E-state index contributed by atoms with van der Waals surface area (Å²) in [5, 5.41) is 62.6. The number of aliphatic hydroxyl groups is 1. The molecule has 2 aromatic carbocycles. The molecule has 23 nitrogen and oxygen atoms in total. The lowest BCUT2D eigenvalue weighted by molar-refractivity contribution is -0.142. The van der Waals surface area contributed by atoms with E-state index in [1.54, 1.807) is 24.3 Å². The number of primary amides is 1. The standard InChI is InChI=1S/C54H75N9O14S7/c1-28-49(72)43-27-81-79-23-33-16-18-78-80-25-41(60-40(21-46(55)69)54(77)63-17-4-5-44(63)52(75)57-28)36(50(73)39(20-32-8-12-35(67)13-9-32)62-51(74)37(58-33)14-15-47(70)71)24-82-84-83-26-42(45(68)22-56-53(76)48(61-43)30(3)65)59-38(29(2)64)19-31-6-10-34(66)11-7-31/h6-13,28,30,33,36-44,48,58-61,65-67H,4-5,14-27H2,1-3H3,(H2,55,69)(H,56,76)(H,57,75)(H,62,74)(H,70,71)/t28-,30+,33?,36?,37-,38-,39-,40-,41?,42?,43?,44-,48-/m0/s1. The summed E-state index contributed by atoms with van der Waals surface area (Å²) in [5.74, 6) is -7.03. The van der Waals surface area contributed by atoms with Crippen molar-refractivity contribution in [3.63, 3.8) is 0 Å². The number of phenols is 2. The number of nitrogens with zero attached hydrogens (tertiary/aromatic N) is 1. The van der Waals surface area contributed by atoms with E-state index in [1.807, 2.05) is 0 Å². The van der Waals surface area contributed by atoms with Gasteiger partial charge in [0.2, 0.25) is 29.5 Å². The van der Waals surface area contributed by atoms with Gasteiger partial charge in [0.05, 0.1) is 61.4 Å². The maximum Gasteiger partial charge on any atom is 0.303 e. The normalized spacial score (nSPS) is 29.0. The fourth-order valence-electron chi connectivity index (χ4n) is 10.0. The van der Waals surface area contributed by atoms with Crippen LogP contribution in [0.25, 0.3) is 0 Å². The number of nitrogens with two attached hydrogens (primary N) is 1. The molecule has 84 heavy (non-hydrogen) atoms. The lowest BCUT2D eigenvalue weighted by Crippen LogP contribution is -2.61. The molecule has 3 bridgehead atoms. The van der Waals surface area contributed by atoms with Gasteiger partial charge in [-0.1, -0.05) is 89.0 Å². The summed E-state index contributed by atoms with van der Waals surface area (Å²) in [7, 11) is 9.03. The molecule has 6 rings (SSSR count). The molecule has 4 aliphatic heterocycles. The lowest BCUT2D eigenvalue weighted by Gasteiger charge is -2.35. The van der Waals surface area contributed by atoms with Gasteiger partial charge in [-0.2, -0.15) is 0 Å². The molecule has 0 aliphatic carbocycles. The monoisotopic (exact) mass is 1300 g/mol. The van der Waals surface area contributed by atoms with Crippen molar-refractivity contribution >= 4 is 133 Å². The summed E-state index contributed by atoms with van der Waals surface area (Å²) in [4.78, 5) is 143. The van der Waals surface area contributed by atoms with Crippen LogP contribution in [0.15, 0.2) is 48.5 Å². The number of aliphatic hydroxyl groups excluding tert-OH is 1. The average molecular weight is 1300 g/mol. The Labute approximate surface area is 515 Å². The van der Waals surface area contributed by atoms with Gasteiger partial charge in [-0.25, -0.2) is 0 Å². The minimum atomic E-state index is -1.49. The van der Waals surface area contributed by atoms with Gasteiger partial charge in [0.15, 0.2) is 17.3 Å². The third-order valence-electron chi connectivity index (χ3n) is 14.7. The number of hydrogen-bond donors (Lipinski definition) is 12. The van der Waals surface area contributed by atoms with E-state index in [-0.39, 0.29) is 72.5 Å². The largest absolute Gasteiger partial charge is 0.508 e. The van der Waals surface area contributed by atoms with E-state index in [0.717, 1.165) is 0 Å². The van der Waals surface area contributed by atoms with E-state index < -0.39 is 151 Å². The fraction of sp³-hybridized carbons (Fsp3) is 0.593. The number of fused-ring (bicyclic) bond motifs is 11. The maximum atomic E-state index is 15.8. The van der Waals surface area contributed by atoms with Crippen molar-refractivity contribution in [3.05, 3.63) is 59.7 Å². The number of carboxylic acids is 1. The molecule has 0 aromatic heterocycles. The van der Waals surface area contributed by atoms with Crippen molar-refractivity contribution in [2.45, 2.75) is 145 Å². The molecule has 13 N–H and O–H groups in total. The Morgan fingerprint density at radius 2 is 1.42 bits per heavy atom. The van der Waals surface area contributed by atoms with Gasteiger partial charge in [0.1, 0.15) is 29.4 Å². The molecule has 4 heterocycles. The third-order valence-corrected chi connectivity index (χ3v) is 23.9. The second-order valence-electron chi connectivity index (χ2n) is 21.1. The molecular formula is C54H75N9O14S7. The molecule has 13 atom stereocenters. The number of aromatic hydroxyl groups is 2. The highest BCUT2D eigenvalue weighted by Crippen LogP contribution is 2.39. The first-order valence-electron chi connectivity index (χ1n) is 27.6. The SMILES string of the molecule is CC(=O)[C@H](Cc1ccc(O)cc1)NC1CSSSCC2C(=O)[C@H](Cc3ccc(O)cc3)NC(=O)[C@H](CCC(=O)O)NC3CCSSCC2N[C@@H](CC(N)=O)C(=O)N2CCC[C@H]2C(=O)N[C@@H](C)C(=O)C(CSSC3)N[C@@H]([C@@H](C)O)C(=O)NCC1=O. The third kappa shape index (κ3) is 21.3. The van der Waals surface area contributed by atoms with Crippen LogP contribution >= 0.6 is 74.6 Å². The summed E-state index contributed by atoms with van der Waals surface area (Å²) >= 11 is 0. The number of benzene rings is 2. The summed E-state index contributed by atoms with van der Waals surface area (Å²) in [6.45, 7) is 3.68. The molecule has 0 saturated carbocycles. The zero-order valence-electron chi connectivity index (χ0n) is 46.7. The second kappa shape index (κ2) is 34.4. The number of carbonyl (C=O) groups is 10. The Morgan fingerprint density at radius 3 is 2.08 bits per heavy atom. The first kappa shape index (κ1) is 68.9. The Bertz CT molecular complexity index is 2630. The van der Waals surface area contributed by atoms with E-state index in [4.69, 9.17) is 5.73 Å². The summed E-state index contributed by atoms with van der Waals surface area (Å²) in [5.41, 5.74) is 7.11. The highest BCUT2D eigenvalue weighted by atomic mass is 33.5. The number of aliphatic carboxylic acids is 1. The predicted molar refractivity (Wildman–Crippen MR) is 332 cm³/mol. The predicted octanol–water partition coefficient (Wildman–Crippen LogP) is 1.54. The molecule has 4 saturated heterocycles. The number of Topliss-reactive ketones (excluding diaryl/α,β-unsaturated/α-hetero) is 4. The highest BCUT2D eigenvalue weighted by molar-refractivity contribution is 9.09. The van der Waals surface area contributed by atoms with Gasteiger partial charge in [-0.3, -0.25) is 58.6 Å². The van der Waals surface area contributed by atoms with Crippen LogP contribution in [0.3, 0.4) is 0 Å². The van der Waals surface area contributed by atoms with E-state index in [9.17, 15) is 58.8 Å². The van der Waals surface area contributed by atoms with Crippen molar-refractivity contribution in [1.29, 1.82) is 0 Å². The van der Waals surface area contributed by atoms with Crippen LogP contribution in [0.5, 0.6) is 11.5 Å². The fourth-order valence-corrected chi connectivity index (χ4v) is 19.1. The quantitative estimate of drug-likeness (QED) is 0.127. The van der Waals surface area contributed by atoms with Gasteiger partial charge in [0, 0.05) is 65.5 Å². The number of rotatable bonds is 13. The Balaban J connectivity index is 1.51. The molecule has 4 aliphatic rings. The molecule has 2 aromatic rings. The van der Waals surface area contributed by atoms with Crippen molar-refractivity contribution in [1.82, 2.24) is 42.1 Å². The molecule has 30 heteroatoms. The molecule has 5 unspecified atom stereocenters. The summed E-state index contributed by atoms with van der Waals surface area (Å²) < 4.78 is 0. The number of nitrogens with one attached hydrogen (secondary N) is 7. The van der Waals surface area contributed by atoms with E-state index in [0.29, 0.717) is 35.5 Å². The number of carbonyl (C=O) groups excluding carboxylic acids is 9. The Morgan fingerprint density at radius 1 is 0.750 bits per heavy atom. The minimum Gasteiger partial charge on any atom is -0.508 e. The van der Waals surface area contributed by atoms with Crippen molar-refractivity contribution in [2.75, 3.05) is 47.6 Å². The molecule has 0 spiro atoms. The van der Waals surface area contributed by atoms with Crippen LogP contribution < -0.4 is 43.0 Å². The Kier molecular flexibility index (Phi) is 28.2. The van der Waals surface area contributed by atoms with Gasteiger partial charge < -0.3 is 57.6 Å². The summed E-state index contributed by atoms with van der Waals surface area (Å²) in [6, 6.07) is -0.0158. The topological polar surface area (TPSA) is 365 Å². The highest BCUT2D eigenvalue weighted by Gasteiger charge is 2.43. The minimum absolute atomic E-state index is 0.00309. The lowest BCUT2D eigenvalue weighted by atomic mass is 9.89. The molecule has 5 amide bonds. The van der Waals surface area contributed by atoms with Gasteiger partial charge >= 0.3 is 5.97 Å². The zero-order chi connectivity index (χ0) is 61.0. The van der Waals surface area contributed by atoms with E-state index >= 15 is 9.59 Å². The van der Waals surface area contributed by atoms with Crippen molar-refractivity contribution in [2.24, 2.45) is 11.7 Å². The van der Waals surface area contributed by atoms with E-state index in [2.05, 4.69) is 37.2 Å². The molecule has 462 valence electrons. The number of amides is 5. The average Bonchev–Trinajstić information content (AvgIpc) is 3.47. The second-order valence-corrected chi connectivity index (χ2v) is 30.6. The smallest absolute Gasteiger partial charge is 0.303 e. The van der Waals surface area contributed by atoms with Gasteiger partial charge in [-0.05, 0) is 105 Å². The van der Waals surface area contributed by atoms with Crippen LogP contribution in [0.1, 0.15) is 70.4 Å². The molecule has 0 radical (unpaired) electrons. The van der Waals surface area contributed by atoms with Crippen LogP contribution in [-0.2, 0) is 60.8 Å². The van der Waals surface area contributed by atoms with Crippen LogP contribution in [0, 0.1) is 5.92 Å². The Hall–Kier alpha value is -4.21. The van der Waals surface area contributed by atoms with Crippen LogP contribution in [0.2, 0.25) is 0 Å².